The standard InChI is InChI=1S/C12H27O2PS5/c1-4-16-8-7-14-15(13,19-11-9-17-5-2)20-12-10-18-6-3/h4-12H2,1-3H3. The summed E-state index contributed by atoms with van der Waals surface area (Å²) < 4.78 is 18.5. The Hall–Kier alpha value is 1.94. The number of hydrogen-bond acceptors (Lipinski definition) is 7. The Morgan fingerprint density at radius 3 is 1.65 bits per heavy atom. The normalized spacial score (nSPS) is 11.9. The fourth-order valence-electron chi connectivity index (χ4n) is 1.17. The molecular weight excluding hydrogens is 367 g/mol. The Bertz CT molecular complexity index is 218. The van der Waals surface area contributed by atoms with Crippen molar-refractivity contribution in [2.24, 2.45) is 0 Å². The summed E-state index contributed by atoms with van der Waals surface area (Å²) in [4.78, 5) is 0. The lowest BCUT2D eigenvalue weighted by atomic mass is 10.9. The Morgan fingerprint density at radius 1 is 0.750 bits per heavy atom. The first-order valence-corrected chi connectivity index (χ1v) is 15.2. The van der Waals surface area contributed by atoms with Gasteiger partial charge in [-0.1, -0.05) is 43.5 Å². The van der Waals surface area contributed by atoms with Crippen LogP contribution >= 0.6 is 63.8 Å². The van der Waals surface area contributed by atoms with Crippen molar-refractivity contribution >= 4 is 63.8 Å². The maximum absolute atomic E-state index is 12.8. The van der Waals surface area contributed by atoms with E-state index in [1.54, 1.807) is 0 Å². The molecule has 0 aliphatic heterocycles. The molecule has 0 saturated carbocycles. The maximum Gasteiger partial charge on any atom is 0.313 e. The fraction of sp³-hybridized carbons (Fsp3) is 1.00. The van der Waals surface area contributed by atoms with E-state index in [1.165, 1.54) is 22.8 Å². The van der Waals surface area contributed by atoms with Crippen LogP contribution in [0.25, 0.3) is 0 Å². The molecule has 0 aliphatic carbocycles. The van der Waals surface area contributed by atoms with E-state index in [4.69, 9.17) is 4.52 Å². The van der Waals surface area contributed by atoms with Crippen molar-refractivity contribution in [2.75, 3.05) is 52.6 Å². The molecule has 0 atom stereocenters. The Labute approximate surface area is 145 Å². The molecule has 122 valence electrons. The summed E-state index contributed by atoms with van der Waals surface area (Å²) in [7, 11) is 0. The molecule has 0 aromatic rings. The molecule has 0 amide bonds. The van der Waals surface area contributed by atoms with Crippen LogP contribution in [-0.2, 0) is 9.09 Å². The van der Waals surface area contributed by atoms with Crippen LogP contribution in [0.1, 0.15) is 20.8 Å². The van der Waals surface area contributed by atoms with Gasteiger partial charge in [0.2, 0.25) is 0 Å². The highest BCUT2D eigenvalue weighted by Gasteiger charge is 2.24. The first-order chi connectivity index (χ1) is 9.68. The van der Waals surface area contributed by atoms with Gasteiger partial charge in [-0.3, -0.25) is 4.57 Å². The molecule has 8 heteroatoms. The van der Waals surface area contributed by atoms with Crippen LogP contribution < -0.4 is 0 Å². The third-order valence-electron chi connectivity index (χ3n) is 2.04. The van der Waals surface area contributed by atoms with E-state index in [1.807, 2.05) is 35.3 Å². The molecule has 0 spiro atoms. The largest absolute Gasteiger partial charge is 0.313 e. The van der Waals surface area contributed by atoms with Crippen molar-refractivity contribution in [3.8, 4) is 0 Å². The van der Waals surface area contributed by atoms with Crippen molar-refractivity contribution in [1.29, 1.82) is 0 Å². The molecule has 0 rings (SSSR count). The molecule has 2 nitrogen and oxygen atoms in total. The molecule has 0 bridgehead atoms. The zero-order valence-corrected chi connectivity index (χ0v) is 17.6. The average molecular weight is 395 g/mol. The van der Waals surface area contributed by atoms with Crippen LogP contribution in [0.2, 0.25) is 0 Å². The molecule has 0 aromatic heterocycles. The van der Waals surface area contributed by atoms with Gasteiger partial charge in [-0.15, -0.1) is 0 Å². The van der Waals surface area contributed by atoms with E-state index in [0.29, 0.717) is 6.61 Å². The first kappa shape index (κ1) is 21.9. The van der Waals surface area contributed by atoms with Gasteiger partial charge in [0.05, 0.1) is 6.61 Å². The van der Waals surface area contributed by atoms with Gasteiger partial charge >= 0.3 is 5.77 Å². The van der Waals surface area contributed by atoms with Crippen molar-refractivity contribution < 1.29 is 9.09 Å². The molecule has 0 aliphatic rings. The van der Waals surface area contributed by atoms with E-state index >= 15 is 0 Å². The van der Waals surface area contributed by atoms with Gasteiger partial charge in [0.1, 0.15) is 0 Å². The average Bonchev–Trinajstić information content (AvgIpc) is 2.45. The van der Waals surface area contributed by atoms with Crippen molar-refractivity contribution in [3.05, 3.63) is 0 Å². The molecular formula is C12H27O2PS5. The van der Waals surface area contributed by atoms with Gasteiger partial charge in [0.15, 0.2) is 0 Å². The second-order valence-corrected chi connectivity index (χ2v) is 15.3. The van der Waals surface area contributed by atoms with Crippen molar-refractivity contribution in [3.63, 3.8) is 0 Å². The quantitative estimate of drug-likeness (QED) is 0.254. The van der Waals surface area contributed by atoms with E-state index in [9.17, 15) is 4.57 Å². The predicted molar refractivity (Wildman–Crippen MR) is 107 cm³/mol. The molecule has 0 radical (unpaired) electrons. The summed E-state index contributed by atoms with van der Waals surface area (Å²) in [6.45, 7) is 7.06. The zero-order valence-electron chi connectivity index (χ0n) is 12.7. The lowest BCUT2D eigenvalue weighted by Crippen LogP contribution is -1.96. The molecule has 20 heavy (non-hydrogen) atoms. The fourth-order valence-corrected chi connectivity index (χ4v) is 10.7. The minimum atomic E-state index is -2.55. The predicted octanol–water partition coefficient (Wildman–Crippen LogP) is 5.84. The summed E-state index contributed by atoms with van der Waals surface area (Å²) in [6, 6.07) is 0. The number of rotatable bonds is 15. The summed E-state index contributed by atoms with van der Waals surface area (Å²) in [5, 5.41) is 0. The van der Waals surface area contributed by atoms with E-state index < -0.39 is 5.77 Å². The topological polar surface area (TPSA) is 26.3 Å². The third-order valence-corrected chi connectivity index (χ3v) is 12.7. The number of hydrogen-bond donors (Lipinski definition) is 0. The molecule has 0 unspecified atom stereocenters. The minimum Gasteiger partial charge on any atom is -0.313 e. The molecule has 0 fully saturated rings. The lowest BCUT2D eigenvalue weighted by Gasteiger charge is -2.17. The van der Waals surface area contributed by atoms with Gasteiger partial charge in [-0.25, -0.2) is 0 Å². The van der Waals surface area contributed by atoms with Crippen LogP contribution in [0.3, 0.4) is 0 Å². The van der Waals surface area contributed by atoms with E-state index in [2.05, 4.69) is 20.8 Å². The third kappa shape index (κ3) is 13.6. The highest BCUT2D eigenvalue weighted by molar-refractivity contribution is 8.89. The van der Waals surface area contributed by atoms with Crippen LogP contribution in [0, 0.1) is 0 Å². The Balaban J connectivity index is 4.02. The smallest absolute Gasteiger partial charge is 0.313 e. The monoisotopic (exact) mass is 394 g/mol. The molecule has 0 heterocycles. The summed E-state index contributed by atoms with van der Waals surface area (Å²) >= 11 is 8.71. The zero-order chi connectivity index (χ0) is 15.1. The van der Waals surface area contributed by atoms with Crippen molar-refractivity contribution in [2.45, 2.75) is 20.8 Å². The SMILES string of the molecule is CCSCCOP(=O)(SCCSCC)SCCSCC. The summed E-state index contributed by atoms with van der Waals surface area (Å²) in [5.41, 5.74) is 0. The summed E-state index contributed by atoms with van der Waals surface area (Å²) in [5.74, 6) is 5.69. The van der Waals surface area contributed by atoms with E-state index in [0.717, 1.165) is 46.0 Å². The van der Waals surface area contributed by atoms with Gasteiger partial charge < -0.3 is 4.52 Å². The summed E-state index contributed by atoms with van der Waals surface area (Å²) in [6.07, 6.45) is 0. The van der Waals surface area contributed by atoms with Gasteiger partial charge in [-0.2, -0.15) is 35.3 Å². The van der Waals surface area contributed by atoms with E-state index in [-0.39, 0.29) is 0 Å². The second-order valence-electron chi connectivity index (χ2n) is 3.54. The van der Waals surface area contributed by atoms with Crippen LogP contribution in [0.4, 0.5) is 0 Å². The first-order valence-electron chi connectivity index (χ1n) is 6.95. The Morgan fingerprint density at radius 2 is 1.20 bits per heavy atom. The van der Waals surface area contributed by atoms with Gasteiger partial charge in [0, 0.05) is 28.8 Å². The minimum absolute atomic E-state index is 0.609. The second kappa shape index (κ2) is 15.8. The van der Waals surface area contributed by atoms with Crippen molar-refractivity contribution in [1.82, 2.24) is 0 Å². The Kier molecular flexibility index (Phi) is 17.4. The highest BCUT2D eigenvalue weighted by Crippen LogP contribution is 2.69. The molecule has 0 saturated heterocycles. The maximum atomic E-state index is 12.8. The molecule has 0 N–H and O–H groups in total. The molecule has 0 aromatic carbocycles. The van der Waals surface area contributed by atoms with Crippen LogP contribution in [-0.4, -0.2) is 52.6 Å². The highest BCUT2D eigenvalue weighted by atomic mass is 33.1. The number of thioether (sulfide) groups is 3. The van der Waals surface area contributed by atoms with Gasteiger partial charge in [0.25, 0.3) is 0 Å². The van der Waals surface area contributed by atoms with Crippen LogP contribution in [0.15, 0.2) is 0 Å². The van der Waals surface area contributed by atoms with Crippen LogP contribution in [0.5, 0.6) is 0 Å². The lowest BCUT2D eigenvalue weighted by molar-refractivity contribution is 0.361. The van der Waals surface area contributed by atoms with Gasteiger partial charge in [-0.05, 0) is 17.3 Å².